The smallest absolute Gasteiger partial charge is 0.274 e. The van der Waals surface area contributed by atoms with Crippen molar-refractivity contribution in [1.29, 1.82) is 0 Å². The Bertz CT molecular complexity index is 840. The Hall–Kier alpha value is -2.68. The van der Waals surface area contributed by atoms with Crippen LogP contribution in [-0.4, -0.2) is 10.9 Å². The van der Waals surface area contributed by atoms with Gasteiger partial charge in [0.25, 0.3) is 5.91 Å². The molecular formula is C19H18N2O. The second kappa shape index (κ2) is 5.98. The van der Waals surface area contributed by atoms with Gasteiger partial charge in [0.2, 0.25) is 0 Å². The number of fused-ring (bicyclic) bond motifs is 1. The zero-order chi connectivity index (χ0) is 15.5. The van der Waals surface area contributed by atoms with E-state index in [2.05, 4.69) is 17.2 Å². The summed E-state index contributed by atoms with van der Waals surface area (Å²) in [7, 11) is 0. The third kappa shape index (κ3) is 2.70. The molecule has 0 aliphatic rings. The standard InChI is InChI=1S/C19H18N2O/c1-3-14-9-6-7-13(2)18(14)21-19(22)17-12-11-15-8-4-5-10-16(15)20-17/h4-12H,3H2,1-2H3,(H,21,22). The van der Waals surface area contributed by atoms with Crippen LogP contribution in [0.3, 0.4) is 0 Å². The van der Waals surface area contributed by atoms with Crippen LogP contribution in [-0.2, 0) is 6.42 Å². The Morgan fingerprint density at radius 1 is 1.05 bits per heavy atom. The van der Waals surface area contributed by atoms with E-state index in [1.807, 2.05) is 55.5 Å². The lowest BCUT2D eigenvalue weighted by Crippen LogP contribution is -2.15. The summed E-state index contributed by atoms with van der Waals surface area (Å²) in [6, 6.07) is 17.5. The second-order valence-electron chi connectivity index (χ2n) is 5.31. The molecule has 0 unspecified atom stereocenters. The van der Waals surface area contributed by atoms with E-state index < -0.39 is 0 Å². The number of carbonyl (C=O) groups excluding carboxylic acids is 1. The molecule has 3 nitrogen and oxygen atoms in total. The van der Waals surface area contributed by atoms with Crippen molar-refractivity contribution in [1.82, 2.24) is 4.98 Å². The van der Waals surface area contributed by atoms with Gasteiger partial charge >= 0.3 is 0 Å². The van der Waals surface area contributed by atoms with Crippen LogP contribution in [0.15, 0.2) is 54.6 Å². The van der Waals surface area contributed by atoms with E-state index in [0.29, 0.717) is 5.69 Å². The number of anilines is 1. The number of nitrogens with one attached hydrogen (secondary N) is 1. The number of carbonyl (C=O) groups is 1. The maximum absolute atomic E-state index is 12.5. The van der Waals surface area contributed by atoms with Gasteiger partial charge in [0.15, 0.2) is 0 Å². The molecule has 0 bridgehead atoms. The number of para-hydroxylation sites is 2. The minimum absolute atomic E-state index is 0.172. The third-order valence-corrected chi connectivity index (χ3v) is 3.81. The first kappa shape index (κ1) is 14.3. The summed E-state index contributed by atoms with van der Waals surface area (Å²) in [6.45, 7) is 4.08. The molecule has 3 aromatic rings. The number of nitrogens with zero attached hydrogens (tertiary/aromatic N) is 1. The van der Waals surface area contributed by atoms with E-state index in [1.54, 1.807) is 6.07 Å². The third-order valence-electron chi connectivity index (χ3n) is 3.81. The number of rotatable bonds is 3. The summed E-state index contributed by atoms with van der Waals surface area (Å²) in [6.07, 6.45) is 0.877. The first-order valence-electron chi connectivity index (χ1n) is 7.44. The molecular weight excluding hydrogens is 272 g/mol. The molecule has 1 N–H and O–H groups in total. The molecule has 2 aromatic carbocycles. The van der Waals surface area contributed by atoms with E-state index in [-0.39, 0.29) is 5.91 Å². The van der Waals surface area contributed by atoms with Crippen LogP contribution in [0.5, 0.6) is 0 Å². The van der Waals surface area contributed by atoms with Crippen LogP contribution >= 0.6 is 0 Å². The molecule has 1 aromatic heterocycles. The lowest BCUT2D eigenvalue weighted by molar-refractivity contribution is 0.102. The molecule has 0 atom stereocenters. The van der Waals surface area contributed by atoms with E-state index >= 15 is 0 Å². The van der Waals surface area contributed by atoms with Gasteiger partial charge in [0.05, 0.1) is 5.52 Å². The average Bonchev–Trinajstić information content (AvgIpc) is 2.56. The van der Waals surface area contributed by atoms with Crippen molar-refractivity contribution in [2.24, 2.45) is 0 Å². The fraction of sp³-hybridized carbons (Fsp3) is 0.158. The molecule has 0 aliphatic carbocycles. The molecule has 110 valence electrons. The maximum atomic E-state index is 12.5. The van der Waals surface area contributed by atoms with Crippen LogP contribution in [0.4, 0.5) is 5.69 Å². The zero-order valence-electron chi connectivity index (χ0n) is 12.8. The average molecular weight is 290 g/mol. The van der Waals surface area contributed by atoms with Crippen molar-refractivity contribution in [3.8, 4) is 0 Å². The summed E-state index contributed by atoms with van der Waals surface area (Å²) < 4.78 is 0. The molecule has 0 aliphatic heterocycles. The minimum atomic E-state index is -0.172. The van der Waals surface area contributed by atoms with Crippen molar-refractivity contribution in [3.63, 3.8) is 0 Å². The van der Waals surface area contributed by atoms with E-state index in [0.717, 1.165) is 34.1 Å². The summed E-state index contributed by atoms with van der Waals surface area (Å²) in [5, 5.41) is 4.04. The van der Waals surface area contributed by atoms with Gasteiger partial charge in [-0.3, -0.25) is 4.79 Å². The number of hydrogen-bond acceptors (Lipinski definition) is 2. The first-order chi connectivity index (χ1) is 10.7. The van der Waals surface area contributed by atoms with Gasteiger partial charge in [0, 0.05) is 11.1 Å². The number of amides is 1. The van der Waals surface area contributed by atoms with Gasteiger partial charge < -0.3 is 5.32 Å². The number of benzene rings is 2. The van der Waals surface area contributed by atoms with Crippen molar-refractivity contribution >= 4 is 22.5 Å². The predicted molar refractivity (Wildman–Crippen MR) is 90.3 cm³/mol. The summed E-state index contributed by atoms with van der Waals surface area (Å²) in [4.78, 5) is 16.9. The molecule has 3 rings (SSSR count). The van der Waals surface area contributed by atoms with Gasteiger partial charge in [0.1, 0.15) is 5.69 Å². The SMILES string of the molecule is CCc1cccc(C)c1NC(=O)c1ccc2ccccc2n1. The first-order valence-corrected chi connectivity index (χ1v) is 7.44. The van der Waals surface area contributed by atoms with Gasteiger partial charge in [-0.05, 0) is 36.6 Å². The van der Waals surface area contributed by atoms with Crippen LogP contribution in [0, 0.1) is 6.92 Å². The summed E-state index contributed by atoms with van der Waals surface area (Å²) in [5.41, 5.74) is 4.35. The molecule has 0 saturated heterocycles. The van der Waals surface area contributed by atoms with Crippen molar-refractivity contribution in [2.45, 2.75) is 20.3 Å². The monoisotopic (exact) mass is 290 g/mol. The predicted octanol–water partition coefficient (Wildman–Crippen LogP) is 4.36. The van der Waals surface area contributed by atoms with Crippen LogP contribution < -0.4 is 5.32 Å². The lowest BCUT2D eigenvalue weighted by Gasteiger charge is -2.12. The summed E-state index contributed by atoms with van der Waals surface area (Å²) in [5.74, 6) is -0.172. The van der Waals surface area contributed by atoms with Gasteiger partial charge in [-0.25, -0.2) is 4.98 Å². The highest BCUT2D eigenvalue weighted by molar-refractivity contribution is 6.04. The Labute approximate surface area is 130 Å². The minimum Gasteiger partial charge on any atom is -0.320 e. The molecule has 1 heterocycles. The van der Waals surface area contributed by atoms with Gasteiger partial charge in [-0.2, -0.15) is 0 Å². The molecule has 22 heavy (non-hydrogen) atoms. The molecule has 1 amide bonds. The highest BCUT2D eigenvalue weighted by atomic mass is 16.1. The van der Waals surface area contributed by atoms with Gasteiger partial charge in [-0.1, -0.05) is 49.4 Å². The molecule has 0 spiro atoms. The maximum Gasteiger partial charge on any atom is 0.274 e. The van der Waals surface area contributed by atoms with Crippen molar-refractivity contribution in [3.05, 3.63) is 71.4 Å². The fourth-order valence-corrected chi connectivity index (χ4v) is 2.57. The quantitative estimate of drug-likeness (QED) is 0.778. The fourth-order valence-electron chi connectivity index (χ4n) is 2.57. The van der Waals surface area contributed by atoms with Crippen LogP contribution in [0.25, 0.3) is 10.9 Å². The Morgan fingerprint density at radius 2 is 1.86 bits per heavy atom. The van der Waals surface area contributed by atoms with E-state index in [1.165, 1.54) is 0 Å². The zero-order valence-corrected chi connectivity index (χ0v) is 12.8. The Kier molecular flexibility index (Phi) is 3.88. The van der Waals surface area contributed by atoms with Crippen LogP contribution in [0.1, 0.15) is 28.5 Å². The number of hydrogen-bond donors (Lipinski definition) is 1. The number of pyridine rings is 1. The molecule has 0 saturated carbocycles. The summed E-state index contributed by atoms with van der Waals surface area (Å²) >= 11 is 0. The second-order valence-corrected chi connectivity index (χ2v) is 5.31. The van der Waals surface area contributed by atoms with Crippen molar-refractivity contribution in [2.75, 3.05) is 5.32 Å². The molecule has 3 heteroatoms. The van der Waals surface area contributed by atoms with E-state index in [9.17, 15) is 4.79 Å². The highest BCUT2D eigenvalue weighted by Gasteiger charge is 2.12. The number of aryl methyl sites for hydroxylation is 2. The molecule has 0 fully saturated rings. The van der Waals surface area contributed by atoms with Crippen molar-refractivity contribution < 1.29 is 4.79 Å². The Balaban J connectivity index is 1.93. The normalized spacial score (nSPS) is 10.6. The van der Waals surface area contributed by atoms with E-state index in [4.69, 9.17) is 0 Å². The lowest BCUT2D eigenvalue weighted by atomic mass is 10.1. The van der Waals surface area contributed by atoms with Gasteiger partial charge in [-0.15, -0.1) is 0 Å². The number of aromatic nitrogens is 1. The molecule has 0 radical (unpaired) electrons. The highest BCUT2D eigenvalue weighted by Crippen LogP contribution is 2.22. The Morgan fingerprint density at radius 3 is 2.68 bits per heavy atom. The largest absolute Gasteiger partial charge is 0.320 e. The topological polar surface area (TPSA) is 42.0 Å². The van der Waals surface area contributed by atoms with Crippen LogP contribution in [0.2, 0.25) is 0 Å².